The highest BCUT2D eigenvalue weighted by Crippen LogP contribution is 2.31. The standard InChI is InChI=1S/C15H12BrNO3S/c16-11-5-4-9(7-10(11)15(19)20)17-14(18)13-6-8-2-1-3-12(8)21-13/h4-7H,1-3H2,(H,17,18)(H,19,20). The maximum Gasteiger partial charge on any atom is 0.336 e. The van der Waals surface area contributed by atoms with Crippen molar-refractivity contribution in [3.63, 3.8) is 0 Å². The first-order valence-electron chi connectivity index (χ1n) is 6.50. The van der Waals surface area contributed by atoms with Crippen molar-refractivity contribution in [1.82, 2.24) is 0 Å². The summed E-state index contributed by atoms with van der Waals surface area (Å²) >= 11 is 4.71. The van der Waals surface area contributed by atoms with Crippen molar-refractivity contribution in [3.8, 4) is 0 Å². The minimum absolute atomic E-state index is 0.126. The van der Waals surface area contributed by atoms with Crippen molar-refractivity contribution in [2.24, 2.45) is 0 Å². The van der Waals surface area contributed by atoms with Crippen LogP contribution in [0.2, 0.25) is 0 Å². The lowest BCUT2D eigenvalue weighted by Crippen LogP contribution is -2.11. The number of carbonyl (C=O) groups is 2. The maximum atomic E-state index is 12.2. The predicted octanol–water partition coefficient (Wildman–Crippen LogP) is 3.95. The molecule has 3 rings (SSSR count). The zero-order chi connectivity index (χ0) is 15.0. The molecule has 1 aliphatic carbocycles. The van der Waals surface area contributed by atoms with Gasteiger partial charge in [-0.15, -0.1) is 11.3 Å². The maximum absolute atomic E-state index is 12.2. The topological polar surface area (TPSA) is 66.4 Å². The van der Waals surface area contributed by atoms with E-state index < -0.39 is 5.97 Å². The average molecular weight is 366 g/mol. The van der Waals surface area contributed by atoms with Crippen molar-refractivity contribution in [2.75, 3.05) is 5.32 Å². The van der Waals surface area contributed by atoms with E-state index in [0.717, 1.165) is 19.3 Å². The van der Waals surface area contributed by atoms with E-state index in [4.69, 9.17) is 5.11 Å². The first-order chi connectivity index (χ1) is 10.0. The summed E-state index contributed by atoms with van der Waals surface area (Å²) in [6, 6.07) is 6.69. The summed E-state index contributed by atoms with van der Waals surface area (Å²) in [6.45, 7) is 0. The minimum Gasteiger partial charge on any atom is -0.478 e. The molecule has 0 aliphatic heterocycles. The molecular weight excluding hydrogens is 354 g/mol. The number of thiophene rings is 1. The predicted molar refractivity (Wildman–Crippen MR) is 85.4 cm³/mol. The molecule has 6 heteroatoms. The first-order valence-corrected chi connectivity index (χ1v) is 8.11. The highest BCUT2D eigenvalue weighted by Gasteiger charge is 2.19. The van der Waals surface area contributed by atoms with E-state index in [9.17, 15) is 9.59 Å². The fourth-order valence-electron chi connectivity index (χ4n) is 2.40. The monoisotopic (exact) mass is 365 g/mol. The molecule has 0 saturated carbocycles. The zero-order valence-electron chi connectivity index (χ0n) is 11.0. The molecule has 21 heavy (non-hydrogen) atoms. The van der Waals surface area contributed by atoms with Crippen LogP contribution < -0.4 is 5.32 Å². The molecule has 0 unspecified atom stereocenters. The summed E-state index contributed by atoms with van der Waals surface area (Å²) in [6.07, 6.45) is 3.26. The van der Waals surface area contributed by atoms with Gasteiger partial charge in [0.05, 0.1) is 10.4 Å². The van der Waals surface area contributed by atoms with E-state index in [1.54, 1.807) is 12.1 Å². The normalized spacial score (nSPS) is 13.0. The molecule has 0 spiro atoms. The van der Waals surface area contributed by atoms with Crippen molar-refractivity contribution >= 4 is 44.8 Å². The van der Waals surface area contributed by atoms with Crippen LogP contribution in [0.4, 0.5) is 5.69 Å². The first kappa shape index (κ1) is 14.3. The van der Waals surface area contributed by atoms with Gasteiger partial charge in [-0.05, 0) is 65.0 Å². The number of carbonyl (C=O) groups excluding carboxylic acids is 1. The number of aromatic carboxylic acids is 1. The highest BCUT2D eigenvalue weighted by atomic mass is 79.9. The van der Waals surface area contributed by atoms with Crippen LogP contribution >= 0.6 is 27.3 Å². The van der Waals surface area contributed by atoms with E-state index >= 15 is 0 Å². The number of fused-ring (bicyclic) bond motifs is 1. The fourth-order valence-corrected chi connectivity index (χ4v) is 3.97. The van der Waals surface area contributed by atoms with Crippen molar-refractivity contribution in [2.45, 2.75) is 19.3 Å². The van der Waals surface area contributed by atoms with Crippen LogP contribution in [0.5, 0.6) is 0 Å². The molecule has 0 atom stereocenters. The van der Waals surface area contributed by atoms with Gasteiger partial charge in [0.1, 0.15) is 0 Å². The summed E-state index contributed by atoms with van der Waals surface area (Å²) in [7, 11) is 0. The van der Waals surface area contributed by atoms with Gasteiger partial charge in [0, 0.05) is 15.0 Å². The Bertz CT molecular complexity index is 717. The molecule has 2 aromatic rings. The number of nitrogens with one attached hydrogen (secondary N) is 1. The molecule has 2 N–H and O–H groups in total. The number of halogens is 1. The molecule has 0 bridgehead atoms. The van der Waals surface area contributed by atoms with Crippen LogP contribution in [0, 0.1) is 0 Å². The number of anilines is 1. The molecule has 1 amide bonds. The van der Waals surface area contributed by atoms with Gasteiger partial charge in [-0.25, -0.2) is 4.79 Å². The van der Waals surface area contributed by atoms with Crippen molar-refractivity contribution in [1.29, 1.82) is 0 Å². The molecule has 1 aromatic carbocycles. The second-order valence-electron chi connectivity index (χ2n) is 4.87. The lowest BCUT2D eigenvalue weighted by atomic mass is 10.2. The summed E-state index contributed by atoms with van der Waals surface area (Å²) < 4.78 is 0.489. The van der Waals surface area contributed by atoms with Gasteiger partial charge in [-0.3, -0.25) is 4.79 Å². The Balaban J connectivity index is 1.81. The molecule has 0 saturated heterocycles. The average Bonchev–Trinajstić information content (AvgIpc) is 3.01. The quantitative estimate of drug-likeness (QED) is 0.865. The Kier molecular flexibility index (Phi) is 3.82. The molecular formula is C15H12BrNO3S. The third kappa shape index (κ3) is 2.87. The van der Waals surface area contributed by atoms with Crippen molar-refractivity contribution in [3.05, 3.63) is 49.6 Å². The Morgan fingerprint density at radius 1 is 1.24 bits per heavy atom. The van der Waals surface area contributed by atoms with E-state index in [2.05, 4.69) is 21.2 Å². The summed E-state index contributed by atoms with van der Waals surface area (Å²) in [5, 5.41) is 11.8. The highest BCUT2D eigenvalue weighted by molar-refractivity contribution is 9.10. The SMILES string of the molecule is O=C(Nc1ccc(Br)c(C(=O)O)c1)c1cc2c(s1)CCC2. The number of rotatable bonds is 3. The number of benzene rings is 1. The van der Waals surface area contributed by atoms with Gasteiger partial charge in [0.25, 0.3) is 5.91 Å². The number of carboxylic acids is 1. The lowest BCUT2D eigenvalue weighted by Gasteiger charge is -2.06. The summed E-state index contributed by atoms with van der Waals surface area (Å²) in [5.41, 5.74) is 1.88. The second-order valence-corrected chi connectivity index (χ2v) is 6.86. The van der Waals surface area contributed by atoms with Gasteiger partial charge >= 0.3 is 5.97 Å². The molecule has 1 heterocycles. The van der Waals surface area contributed by atoms with Crippen LogP contribution in [0.25, 0.3) is 0 Å². The third-order valence-electron chi connectivity index (χ3n) is 3.43. The van der Waals surface area contributed by atoms with Crippen molar-refractivity contribution < 1.29 is 14.7 Å². The van der Waals surface area contributed by atoms with Crippen LogP contribution in [0.15, 0.2) is 28.7 Å². The number of amides is 1. The Labute approximate surface area is 133 Å². The number of aryl methyl sites for hydroxylation is 2. The van der Waals surface area contributed by atoms with E-state index in [-0.39, 0.29) is 11.5 Å². The largest absolute Gasteiger partial charge is 0.478 e. The van der Waals surface area contributed by atoms with Gasteiger partial charge in [0.15, 0.2) is 0 Å². The lowest BCUT2D eigenvalue weighted by molar-refractivity contribution is 0.0695. The number of hydrogen-bond donors (Lipinski definition) is 2. The van der Waals surface area contributed by atoms with Crippen LogP contribution in [-0.4, -0.2) is 17.0 Å². The van der Waals surface area contributed by atoms with Crippen LogP contribution in [0.3, 0.4) is 0 Å². The van der Waals surface area contributed by atoms with E-state index in [1.807, 2.05) is 6.07 Å². The third-order valence-corrected chi connectivity index (χ3v) is 5.35. The summed E-state index contributed by atoms with van der Waals surface area (Å²) in [4.78, 5) is 25.3. The van der Waals surface area contributed by atoms with Gasteiger partial charge in [-0.2, -0.15) is 0 Å². The second kappa shape index (κ2) is 5.61. The summed E-state index contributed by atoms with van der Waals surface area (Å²) in [5.74, 6) is -1.22. The minimum atomic E-state index is -1.03. The van der Waals surface area contributed by atoms with Crippen LogP contribution in [0.1, 0.15) is 36.9 Å². The number of carboxylic acid groups (broad SMARTS) is 1. The Morgan fingerprint density at radius 2 is 2.05 bits per heavy atom. The van der Waals surface area contributed by atoms with Gasteiger partial charge in [-0.1, -0.05) is 0 Å². The van der Waals surface area contributed by atoms with Gasteiger partial charge in [0.2, 0.25) is 0 Å². The zero-order valence-corrected chi connectivity index (χ0v) is 13.4. The molecule has 1 aliphatic rings. The van der Waals surface area contributed by atoms with Crippen LogP contribution in [-0.2, 0) is 12.8 Å². The molecule has 0 radical (unpaired) electrons. The van der Waals surface area contributed by atoms with E-state index in [0.29, 0.717) is 15.0 Å². The molecule has 4 nitrogen and oxygen atoms in total. The Morgan fingerprint density at radius 3 is 2.76 bits per heavy atom. The molecule has 1 aromatic heterocycles. The molecule has 108 valence electrons. The molecule has 0 fully saturated rings. The van der Waals surface area contributed by atoms with Gasteiger partial charge < -0.3 is 10.4 Å². The fraction of sp³-hybridized carbons (Fsp3) is 0.200. The van der Waals surface area contributed by atoms with E-state index in [1.165, 1.54) is 27.8 Å². The smallest absolute Gasteiger partial charge is 0.336 e. The Hall–Kier alpha value is -1.66. The number of hydrogen-bond acceptors (Lipinski definition) is 3.